The summed E-state index contributed by atoms with van der Waals surface area (Å²) in [7, 11) is 0. The zero-order chi connectivity index (χ0) is 16.3. The van der Waals surface area contributed by atoms with Crippen molar-refractivity contribution < 1.29 is 9.90 Å². The van der Waals surface area contributed by atoms with Crippen LogP contribution in [0.1, 0.15) is 50.2 Å². The highest BCUT2D eigenvalue weighted by Gasteiger charge is 2.56. The maximum Gasteiger partial charge on any atom is 0.314 e. The van der Waals surface area contributed by atoms with Gasteiger partial charge in [0.25, 0.3) is 0 Å². The van der Waals surface area contributed by atoms with Gasteiger partial charge in [-0.1, -0.05) is 31.2 Å². The minimum absolute atomic E-state index is 0.112. The molecule has 3 N–H and O–H groups in total. The van der Waals surface area contributed by atoms with Gasteiger partial charge in [0.05, 0.1) is 6.10 Å². The molecule has 1 fully saturated rings. The fraction of sp³-hybridized carbons (Fsp3) is 0.632. The van der Waals surface area contributed by atoms with E-state index >= 15 is 0 Å². The number of urea groups is 1. The third-order valence-electron chi connectivity index (χ3n) is 5.60. The van der Waals surface area contributed by atoms with Crippen LogP contribution in [-0.2, 0) is 11.8 Å². The molecule has 1 aromatic carbocycles. The molecule has 23 heavy (non-hydrogen) atoms. The number of benzene rings is 1. The van der Waals surface area contributed by atoms with E-state index < -0.39 is 0 Å². The van der Waals surface area contributed by atoms with Crippen LogP contribution in [0.4, 0.5) is 4.79 Å². The molecule has 0 bridgehead atoms. The van der Waals surface area contributed by atoms with Gasteiger partial charge >= 0.3 is 6.03 Å². The Labute approximate surface area is 138 Å². The number of aryl methyl sites for hydroxylation is 1. The predicted molar refractivity (Wildman–Crippen MR) is 91.5 cm³/mol. The van der Waals surface area contributed by atoms with Crippen molar-refractivity contribution in [3.8, 4) is 0 Å². The number of carbonyl (C=O) groups excluding carboxylic acids is 1. The van der Waals surface area contributed by atoms with E-state index in [1.165, 1.54) is 36.8 Å². The lowest BCUT2D eigenvalue weighted by atomic mass is 9.78. The van der Waals surface area contributed by atoms with Gasteiger partial charge < -0.3 is 15.7 Å². The monoisotopic (exact) mass is 316 g/mol. The molecule has 0 saturated heterocycles. The van der Waals surface area contributed by atoms with Crippen molar-refractivity contribution >= 4 is 6.03 Å². The number of carbonyl (C=O) groups is 1. The summed E-state index contributed by atoms with van der Waals surface area (Å²) >= 11 is 0. The second-order valence-corrected chi connectivity index (χ2v) is 7.06. The van der Waals surface area contributed by atoms with E-state index in [2.05, 4.69) is 34.9 Å². The SMILES string of the molecule is CCC(O)CCNC(=O)NCC1CC12CCCc1ccccc12. The summed E-state index contributed by atoms with van der Waals surface area (Å²) in [5.74, 6) is 0.566. The average molecular weight is 316 g/mol. The largest absolute Gasteiger partial charge is 0.393 e. The molecule has 0 radical (unpaired) electrons. The summed E-state index contributed by atoms with van der Waals surface area (Å²) in [6.07, 6.45) is 5.92. The van der Waals surface area contributed by atoms with Gasteiger partial charge in [-0.3, -0.25) is 0 Å². The number of amides is 2. The van der Waals surface area contributed by atoms with Crippen LogP contribution in [0, 0.1) is 5.92 Å². The summed E-state index contributed by atoms with van der Waals surface area (Å²) in [6.45, 7) is 3.22. The number of aliphatic hydroxyl groups is 1. The first-order valence-corrected chi connectivity index (χ1v) is 8.94. The summed E-state index contributed by atoms with van der Waals surface area (Å²) in [5.41, 5.74) is 3.34. The third-order valence-corrected chi connectivity index (χ3v) is 5.60. The van der Waals surface area contributed by atoms with Crippen LogP contribution in [0.5, 0.6) is 0 Å². The number of fused-ring (bicyclic) bond motifs is 2. The van der Waals surface area contributed by atoms with Gasteiger partial charge in [-0.25, -0.2) is 4.79 Å². The highest BCUT2D eigenvalue weighted by Crippen LogP contribution is 2.59. The molecule has 3 atom stereocenters. The number of hydrogen-bond donors (Lipinski definition) is 3. The Bertz CT molecular complexity index is 560. The second kappa shape index (κ2) is 6.91. The first kappa shape index (κ1) is 16.3. The zero-order valence-corrected chi connectivity index (χ0v) is 14.0. The van der Waals surface area contributed by atoms with Crippen LogP contribution >= 0.6 is 0 Å². The maximum atomic E-state index is 11.9. The van der Waals surface area contributed by atoms with Gasteiger partial charge in [0.1, 0.15) is 0 Å². The summed E-state index contributed by atoms with van der Waals surface area (Å²) in [5, 5.41) is 15.3. The molecule has 3 unspecified atom stereocenters. The number of nitrogens with one attached hydrogen (secondary N) is 2. The second-order valence-electron chi connectivity index (χ2n) is 7.06. The van der Waals surface area contributed by atoms with Crippen molar-refractivity contribution in [1.29, 1.82) is 0 Å². The van der Waals surface area contributed by atoms with Crippen molar-refractivity contribution in [3.63, 3.8) is 0 Å². The third kappa shape index (κ3) is 3.52. The summed E-state index contributed by atoms with van der Waals surface area (Å²) < 4.78 is 0. The quantitative estimate of drug-likeness (QED) is 0.756. The van der Waals surface area contributed by atoms with Crippen LogP contribution in [-0.4, -0.2) is 30.3 Å². The van der Waals surface area contributed by atoms with E-state index in [1.54, 1.807) is 0 Å². The number of hydrogen-bond acceptors (Lipinski definition) is 2. The van der Waals surface area contributed by atoms with Crippen LogP contribution < -0.4 is 10.6 Å². The molecule has 2 aliphatic carbocycles. The molecular weight excluding hydrogens is 288 g/mol. The Morgan fingerprint density at radius 2 is 2.22 bits per heavy atom. The molecule has 126 valence electrons. The standard InChI is InChI=1S/C19H28N2O2/c1-2-16(22)9-11-20-18(23)21-13-15-12-19(15)10-5-7-14-6-3-4-8-17(14)19/h3-4,6,8,15-16,22H,2,5,7,9-13H2,1H3,(H2,20,21,23). The van der Waals surface area contributed by atoms with Crippen molar-refractivity contribution in [2.75, 3.05) is 13.1 Å². The zero-order valence-electron chi connectivity index (χ0n) is 14.0. The van der Waals surface area contributed by atoms with E-state index in [0.29, 0.717) is 24.3 Å². The van der Waals surface area contributed by atoms with E-state index in [0.717, 1.165) is 13.0 Å². The van der Waals surface area contributed by atoms with Gasteiger partial charge in [0.15, 0.2) is 0 Å². The molecule has 0 aromatic heterocycles. The first-order valence-electron chi connectivity index (χ1n) is 8.94. The predicted octanol–water partition coefficient (Wildman–Crippen LogP) is 2.74. The fourth-order valence-corrected chi connectivity index (χ4v) is 4.07. The van der Waals surface area contributed by atoms with Crippen molar-refractivity contribution in [1.82, 2.24) is 10.6 Å². The molecule has 4 heteroatoms. The van der Waals surface area contributed by atoms with Gasteiger partial charge in [0, 0.05) is 18.5 Å². The normalized spacial score (nSPS) is 26.4. The Hall–Kier alpha value is -1.55. The minimum Gasteiger partial charge on any atom is -0.393 e. The van der Waals surface area contributed by atoms with Crippen LogP contribution in [0.3, 0.4) is 0 Å². The summed E-state index contributed by atoms with van der Waals surface area (Å²) in [6, 6.07) is 8.69. The Balaban J connectivity index is 1.46. The molecule has 2 aliphatic rings. The van der Waals surface area contributed by atoms with E-state index in [1.807, 2.05) is 6.92 Å². The van der Waals surface area contributed by atoms with Crippen LogP contribution in [0.2, 0.25) is 0 Å². The Morgan fingerprint density at radius 3 is 3.04 bits per heavy atom. The van der Waals surface area contributed by atoms with E-state index in [-0.39, 0.29) is 12.1 Å². The molecule has 4 nitrogen and oxygen atoms in total. The van der Waals surface area contributed by atoms with Crippen LogP contribution in [0.25, 0.3) is 0 Å². The van der Waals surface area contributed by atoms with E-state index in [4.69, 9.17) is 0 Å². The van der Waals surface area contributed by atoms with Crippen LogP contribution in [0.15, 0.2) is 24.3 Å². The highest BCUT2D eigenvalue weighted by molar-refractivity contribution is 5.73. The van der Waals surface area contributed by atoms with Crippen molar-refractivity contribution in [2.24, 2.45) is 5.92 Å². The molecule has 1 spiro atoms. The highest BCUT2D eigenvalue weighted by atomic mass is 16.3. The average Bonchev–Trinajstić information content (AvgIpc) is 3.26. The first-order chi connectivity index (χ1) is 11.2. The Kier molecular flexibility index (Phi) is 4.90. The van der Waals surface area contributed by atoms with Gasteiger partial charge in [-0.05, 0) is 55.6 Å². The molecule has 1 saturated carbocycles. The smallest absolute Gasteiger partial charge is 0.314 e. The van der Waals surface area contributed by atoms with Gasteiger partial charge in [-0.15, -0.1) is 0 Å². The lowest BCUT2D eigenvalue weighted by Crippen LogP contribution is -2.38. The fourth-order valence-electron chi connectivity index (χ4n) is 4.07. The minimum atomic E-state index is -0.319. The molecule has 0 heterocycles. The van der Waals surface area contributed by atoms with Crippen molar-refractivity contribution in [2.45, 2.75) is 57.0 Å². The topological polar surface area (TPSA) is 61.4 Å². The lowest BCUT2D eigenvalue weighted by Gasteiger charge is -2.26. The molecule has 2 amide bonds. The molecular formula is C19H28N2O2. The molecule has 0 aliphatic heterocycles. The number of rotatable bonds is 6. The van der Waals surface area contributed by atoms with E-state index in [9.17, 15) is 9.90 Å². The lowest BCUT2D eigenvalue weighted by molar-refractivity contribution is 0.160. The van der Waals surface area contributed by atoms with Gasteiger partial charge in [-0.2, -0.15) is 0 Å². The maximum absolute atomic E-state index is 11.9. The Morgan fingerprint density at radius 1 is 1.39 bits per heavy atom. The van der Waals surface area contributed by atoms with Crippen molar-refractivity contribution in [3.05, 3.63) is 35.4 Å². The summed E-state index contributed by atoms with van der Waals surface area (Å²) in [4.78, 5) is 11.9. The molecule has 3 rings (SSSR count). The molecule has 1 aromatic rings. The van der Waals surface area contributed by atoms with Gasteiger partial charge in [0.2, 0.25) is 0 Å². The number of aliphatic hydroxyl groups excluding tert-OH is 1.